The van der Waals surface area contributed by atoms with Crippen molar-refractivity contribution in [1.29, 1.82) is 0 Å². The van der Waals surface area contributed by atoms with Gasteiger partial charge in [-0.05, 0) is 61.2 Å². The molecule has 4 rings (SSSR count). The average molecular weight is 334 g/mol. The number of carboxylic acids is 1. The maximum absolute atomic E-state index is 11.4. The minimum atomic E-state index is -0.589. The molecule has 2 nitrogen and oxygen atoms in total. The van der Waals surface area contributed by atoms with Gasteiger partial charge in [-0.3, -0.25) is 4.79 Å². The van der Waals surface area contributed by atoms with Gasteiger partial charge in [0.25, 0.3) is 0 Å². The van der Waals surface area contributed by atoms with Crippen LogP contribution in [0.2, 0.25) is 0 Å². The van der Waals surface area contributed by atoms with E-state index in [2.05, 4.69) is 29.5 Å². The van der Waals surface area contributed by atoms with Crippen LogP contribution in [0, 0.1) is 29.1 Å². The van der Waals surface area contributed by atoms with E-state index in [4.69, 9.17) is 0 Å². The summed E-state index contributed by atoms with van der Waals surface area (Å²) in [6, 6.07) is 0. The minimum Gasteiger partial charge on any atom is -0.480 e. The fourth-order valence-electron chi connectivity index (χ4n) is 5.04. The fourth-order valence-corrected chi connectivity index (χ4v) is 6.12. The molecule has 3 heteroatoms. The SMILES string of the molecule is CC1C2CC3CC(C2)CC1(C(I)C(=O)O)C3. The molecule has 0 aliphatic heterocycles. The van der Waals surface area contributed by atoms with Crippen molar-refractivity contribution in [3.05, 3.63) is 0 Å². The van der Waals surface area contributed by atoms with Crippen LogP contribution in [-0.4, -0.2) is 15.0 Å². The van der Waals surface area contributed by atoms with E-state index in [0.29, 0.717) is 5.92 Å². The van der Waals surface area contributed by atoms with Crippen molar-refractivity contribution in [2.75, 3.05) is 0 Å². The summed E-state index contributed by atoms with van der Waals surface area (Å²) in [6.07, 6.45) is 6.50. The molecule has 0 aromatic heterocycles. The van der Waals surface area contributed by atoms with Crippen LogP contribution in [0.25, 0.3) is 0 Å². The number of carbonyl (C=O) groups is 1. The second-order valence-corrected chi connectivity index (χ2v) is 7.58. The first kappa shape index (κ1) is 11.3. The second kappa shape index (κ2) is 3.59. The zero-order valence-corrected chi connectivity index (χ0v) is 11.8. The van der Waals surface area contributed by atoms with E-state index < -0.39 is 5.97 Å². The monoisotopic (exact) mass is 334 g/mol. The Balaban J connectivity index is 1.96. The van der Waals surface area contributed by atoms with Crippen LogP contribution in [0.15, 0.2) is 0 Å². The summed E-state index contributed by atoms with van der Waals surface area (Å²) in [5.74, 6) is 2.53. The molecular weight excluding hydrogens is 315 g/mol. The molecule has 4 fully saturated rings. The van der Waals surface area contributed by atoms with Gasteiger partial charge in [0.1, 0.15) is 3.92 Å². The standard InChI is InChI=1S/C13H19IO2/c1-7-10-3-8-2-9(4-10)6-13(7,5-8)11(14)12(15)16/h7-11H,2-6H2,1H3,(H,15,16). The van der Waals surface area contributed by atoms with Gasteiger partial charge in [0.2, 0.25) is 0 Å². The van der Waals surface area contributed by atoms with Crippen LogP contribution >= 0.6 is 22.6 Å². The lowest BCUT2D eigenvalue weighted by Crippen LogP contribution is -2.57. The second-order valence-electron chi connectivity index (χ2n) is 6.33. The van der Waals surface area contributed by atoms with Gasteiger partial charge in [0.15, 0.2) is 0 Å². The zero-order valence-electron chi connectivity index (χ0n) is 9.66. The van der Waals surface area contributed by atoms with Crippen LogP contribution in [0.5, 0.6) is 0 Å². The van der Waals surface area contributed by atoms with E-state index in [-0.39, 0.29) is 9.34 Å². The third-order valence-corrected chi connectivity index (χ3v) is 7.38. The highest BCUT2D eigenvalue weighted by atomic mass is 127. The van der Waals surface area contributed by atoms with Gasteiger partial charge in [0.05, 0.1) is 0 Å². The zero-order chi connectivity index (χ0) is 11.5. The predicted molar refractivity (Wildman–Crippen MR) is 70.6 cm³/mol. The number of alkyl halides is 1. The Hall–Kier alpha value is 0.200. The summed E-state index contributed by atoms with van der Waals surface area (Å²) < 4.78 is -0.173. The first-order chi connectivity index (χ1) is 7.53. The van der Waals surface area contributed by atoms with Gasteiger partial charge in [-0.25, -0.2) is 0 Å². The highest BCUT2D eigenvalue weighted by Gasteiger charge is 2.59. The molecule has 4 aliphatic rings. The maximum Gasteiger partial charge on any atom is 0.317 e. The number of hydrogen-bond acceptors (Lipinski definition) is 1. The molecule has 90 valence electrons. The van der Waals surface area contributed by atoms with E-state index >= 15 is 0 Å². The van der Waals surface area contributed by atoms with Crippen molar-refractivity contribution in [1.82, 2.24) is 0 Å². The lowest BCUT2D eigenvalue weighted by atomic mass is 9.44. The van der Waals surface area contributed by atoms with E-state index in [1.165, 1.54) is 32.1 Å². The molecule has 0 radical (unpaired) electrons. The van der Waals surface area contributed by atoms with Gasteiger partial charge in [-0.2, -0.15) is 0 Å². The Labute approximate surface area is 110 Å². The van der Waals surface area contributed by atoms with Crippen LogP contribution in [0.1, 0.15) is 39.0 Å². The summed E-state index contributed by atoms with van der Waals surface area (Å²) in [5, 5.41) is 9.35. The minimum absolute atomic E-state index is 0.126. The van der Waals surface area contributed by atoms with E-state index in [1.807, 2.05) is 0 Å². The molecule has 0 spiro atoms. The Bertz CT molecular complexity index is 314. The Morgan fingerprint density at radius 1 is 1.31 bits per heavy atom. The van der Waals surface area contributed by atoms with Crippen molar-refractivity contribution < 1.29 is 9.90 Å². The van der Waals surface area contributed by atoms with Crippen LogP contribution in [0.3, 0.4) is 0 Å². The third kappa shape index (κ3) is 1.39. The Kier molecular flexibility index (Phi) is 2.54. The molecule has 4 bridgehead atoms. The normalized spacial score (nSPS) is 51.6. The van der Waals surface area contributed by atoms with E-state index in [1.54, 1.807) is 0 Å². The van der Waals surface area contributed by atoms with Gasteiger partial charge in [0, 0.05) is 0 Å². The number of halogens is 1. The average Bonchev–Trinajstić information content (AvgIpc) is 2.23. The number of carboxylic acid groups (broad SMARTS) is 1. The lowest BCUT2D eigenvalue weighted by Gasteiger charge is -2.61. The van der Waals surface area contributed by atoms with Gasteiger partial charge in [-0.15, -0.1) is 0 Å². The van der Waals surface area contributed by atoms with Crippen LogP contribution in [0.4, 0.5) is 0 Å². The molecule has 0 aromatic rings. The summed E-state index contributed by atoms with van der Waals surface area (Å²) >= 11 is 2.19. The smallest absolute Gasteiger partial charge is 0.317 e. The molecular formula is C13H19IO2. The predicted octanol–water partition coefficient (Wildman–Crippen LogP) is 3.34. The first-order valence-electron chi connectivity index (χ1n) is 6.40. The van der Waals surface area contributed by atoms with Gasteiger partial charge in [-0.1, -0.05) is 29.5 Å². The lowest BCUT2D eigenvalue weighted by molar-refractivity contribution is -0.149. The highest BCUT2D eigenvalue weighted by Crippen LogP contribution is 2.65. The van der Waals surface area contributed by atoms with E-state index in [9.17, 15) is 9.90 Å². The van der Waals surface area contributed by atoms with Crippen molar-refractivity contribution >= 4 is 28.6 Å². The summed E-state index contributed by atoms with van der Waals surface area (Å²) in [5.41, 5.74) is 0.126. The summed E-state index contributed by atoms with van der Waals surface area (Å²) in [4.78, 5) is 11.4. The molecule has 4 aliphatic carbocycles. The molecule has 16 heavy (non-hydrogen) atoms. The molecule has 1 N–H and O–H groups in total. The fraction of sp³-hybridized carbons (Fsp3) is 0.923. The highest BCUT2D eigenvalue weighted by molar-refractivity contribution is 14.1. The Morgan fingerprint density at radius 3 is 2.38 bits per heavy atom. The molecule has 0 amide bonds. The molecule has 4 saturated carbocycles. The van der Waals surface area contributed by atoms with Gasteiger partial charge >= 0.3 is 5.97 Å². The first-order valence-corrected chi connectivity index (χ1v) is 7.64. The molecule has 4 unspecified atom stereocenters. The molecule has 0 saturated heterocycles. The van der Waals surface area contributed by atoms with Crippen molar-refractivity contribution in [3.8, 4) is 0 Å². The summed E-state index contributed by atoms with van der Waals surface area (Å²) in [7, 11) is 0. The molecule has 0 aromatic carbocycles. The van der Waals surface area contributed by atoms with Gasteiger partial charge < -0.3 is 5.11 Å². The largest absolute Gasteiger partial charge is 0.480 e. The maximum atomic E-state index is 11.4. The third-order valence-electron chi connectivity index (χ3n) is 5.61. The quantitative estimate of drug-likeness (QED) is 0.621. The van der Waals surface area contributed by atoms with Crippen molar-refractivity contribution in [2.45, 2.75) is 43.0 Å². The van der Waals surface area contributed by atoms with Crippen LogP contribution < -0.4 is 0 Å². The molecule has 0 heterocycles. The van der Waals surface area contributed by atoms with Crippen molar-refractivity contribution in [3.63, 3.8) is 0 Å². The van der Waals surface area contributed by atoms with Crippen LogP contribution in [-0.2, 0) is 4.79 Å². The van der Waals surface area contributed by atoms with Crippen molar-refractivity contribution in [2.24, 2.45) is 29.1 Å². The molecule has 4 atom stereocenters. The summed E-state index contributed by atoms with van der Waals surface area (Å²) in [6.45, 7) is 2.32. The number of rotatable bonds is 2. The number of aliphatic carboxylic acids is 1. The van der Waals surface area contributed by atoms with E-state index in [0.717, 1.165) is 17.8 Å². The topological polar surface area (TPSA) is 37.3 Å². The number of hydrogen-bond donors (Lipinski definition) is 1. The Morgan fingerprint density at radius 2 is 1.88 bits per heavy atom.